The molecule has 0 spiro atoms. The Morgan fingerprint density at radius 2 is 1.65 bits per heavy atom. The van der Waals surface area contributed by atoms with Gasteiger partial charge in [-0.3, -0.25) is 14.4 Å². The first-order valence-corrected chi connectivity index (χ1v) is 17.2. The quantitative estimate of drug-likeness (QED) is 0.184. The minimum absolute atomic E-state index is 0.0381. The Morgan fingerprint density at radius 1 is 0.959 bits per heavy atom. The van der Waals surface area contributed by atoms with Crippen molar-refractivity contribution in [3.8, 4) is 11.8 Å². The number of ether oxygens (including phenoxy) is 2. The molecule has 0 aliphatic carbocycles. The van der Waals surface area contributed by atoms with Gasteiger partial charge < -0.3 is 20.1 Å². The molecule has 1 atom stereocenters. The minimum Gasteiger partial charge on any atom is -0.483 e. The van der Waals surface area contributed by atoms with Crippen LogP contribution in [-0.4, -0.2) is 50.4 Å². The Balaban J connectivity index is 1.71. The molecular weight excluding hydrogens is 695 g/mol. The molecule has 0 heterocycles. The van der Waals surface area contributed by atoms with E-state index in [2.05, 4.69) is 10.6 Å². The summed E-state index contributed by atoms with van der Waals surface area (Å²) in [6.07, 6.45) is -0.707. The maximum atomic E-state index is 13.3. The molecule has 49 heavy (non-hydrogen) atoms. The van der Waals surface area contributed by atoms with Crippen LogP contribution in [0.5, 0.6) is 5.75 Å². The number of halogens is 2. The van der Waals surface area contributed by atoms with Gasteiger partial charge in [0, 0.05) is 21.3 Å². The van der Waals surface area contributed by atoms with Crippen molar-refractivity contribution in [3.63, 3.8) is 0 Å². The SMILES string of the molecule is Cc1cc(S(=O)(=O)NC(=O)[C@H](CC(C)C)NC(=O)OC(C)(C)C)ccc1NC(=O)COc1ccc(Cl)cc1C(=O)c1cc(Cl)cc(C#N)c1. The first-order chi connectivity index (χ1) is 22.8. The fourth-order valence-corrected chi connectivity index (χ4v) is 5.95. The zero-order valence-corrected chi connectivity index (χ0v) is 30.0. The number of benzene rings is 3. The third-order valence-electron chi connectivity index (χ3n) is 6.57. The van der Waals surface area contributed by atoms with Crippen molar-refractivity contribution in [1.82, 2.24) is 10.0 Å². The number of nitrogens with one attached hydrogen (secondary N) is 3. The largest absolute Gasteiger partial charge is 0.483 e. The molecule has 0 radical (unpaired) electrons. The van der Waals surface area contributed by atoms with E-state index in [-0.39, 0.29) is 55.4 Å². The minimum atomic E-state index is -4.37. The van der Waals surface area contributed by atoms with Crippen molar-refractivity contribution in [2.45, 2.75) is 64.5 Å². The van der Waals surface area contributed by atoms with Crippen molar-refractivity contribution < 1.29 is 37.1 Å². The van der Waals surface area contributed by atoms with E-state index in [1.54, 1.807) is 27.7 Å². The average molecular weight is 732 g/mol. The third-order valence-corrected chi connectivity index (χ3v) is 8.36. The summed E-state index contributed by atoms with van der Waals surface area (Å²) in [6.45, 7) is 9.63. The second-order valence-electron chi connectivity index (χ2n) is 12.4. The molecule has 3 N–H and O–H groups in total. The molecule has 0 unspecified atom stereocenters. The van der Waals surface area contributed by atoms with Crippen LogP contribution in [0.15, 0.2) is 59.5 Å². The summed E-state index contributed by atoms with van der Waals surface area (Å²) in [6, 6.07) is 13.0. The van der Waals surface area contributed by atoms with Gasteiger partial charge in [0.1, 0.15) is 17.4 Å². The molecule has 0 fully saturated rings. The van der Waals surface area contributed by atoms with E-state index in [1.165, 1.54) is 54.6 Å². The molecule has 15 heteroatoms. The highest BCUT2D eigenvalue weighted by molar-refractivity contribution is 7.90. The van der Waals surface area contributed by atoms with Gasteiger partial charge >= 0.3 is 6.09 Å². The van der Waals surface area contributed by atoms with Gasteiger partial charge in [-0.2, -0.15) is 5.26 Å². The van der Waals surface area contributed by atoms with E-state index in [0.29, 0.717) is 5.56 Å². The van der Waals surface area contributed by atoms with E-state index in [1.807, 2.05) is 24.6 Å². The Kier molecular flexibility index (Phi) is 12.8. The Morgan fingerprint density at radius 3 is 2.27 bits per heavy atom. The topological polar surface area (TPSA) is 181 Å². The van der Waals surface area contributed by atoms with Gasteiger partial charge in [-0.1, -0.05) is 37.0 Å². The van der Waals surface area contributed by atoms with Gasteiger partial charge in [0.05, 0.1) is 22.1 Å². The maximum absolute atomic E-state index is 13.3. The molecule has 3 amide bonds. The Hall–Kier alpha value is -4.64. The number of amides is 3. The number of carbonyl (C=O) groups excluding carboxylic acids is 4. The van der Waals surface area contributed by atoms with E-state index >= 15 is 0 Å². The fourth-order valence-electron chi connectivity index (χ4n) is 4.43. The number of sulfonamides is 1. The van der Waals surface area contributed by atoms with Crippen LogP contribution < -0.4 is 20.1 Å². The molecule has 3 aromatic carbocycles. The van der Waals surface area contributed by atoms with Crippen LogP contribution in [0.3, 0.4) is 0 Å². The third kappa shape index (κ3) is 11.5. The predicted molar refractivity (Wildman–Crippen MR) is 184 cm³/mol. The fraction of sp³-hybridized carbons (Fsp3) is 0.324. The number of rotatable bonds is 12. The summed E-state index contributed by atoms with van der Waals surface area (Å²) >= 11 is 12.2. The van der Waals surface area contributed by atoms with Crippen molar-refractivity contribution in [3.05, 3.63) is 86.9 Å². The molecule has 3 rings (SSSR count). The molecule has 0 saturated carbocycles. The number of anilines is 1. The zero-order valence-electron chi connectivity index (χ0n) is 27.6. The van der Waals surface area contributed by atoms with Crippen molar-refractivity contribution in [2.75, 3.05) is 11.9 Å². The van der Waals surface area contributed by atoms with Crippen molar-refractivity contribution >= 4 is 62.6 Å². The lowest BCUT2D eigenvalue weighted by atomic mass is 10.0. The number of nitrogens with zero attached hydrogens (tertiary/aromatic N) is 1. The van der Waals surface area contributed by atoms with Crippen LogP contribution in [0.2, 0.25) is 10.0 Å². The summed E-state index contributed by atoms with van der Waals surface area (Å²) < 4.78 is 39.1. The van der Waals surface area contributed by atoms with Gasteiger partial charge in [0.25, 0.3) is 21.8 Å². The zero-order chi connectivity index (χ0) is 36.7. The van der Waals surface area contributed by atoms with Crippen LogP contribution in [-0.2, 0) is 24.3 Å². The van der Waals surface area contributed by atoms with Gasteiger partial charge in [0.15, 0.2) is 12.4 Å². The summed E-state index contributed by atoms with van der Waals surface area (Å²) in [5.41, 5.74) is 0.134. The summed E-state index contributed by atoms with van der Waals surface area (Å²) in [4.78, 5) is 51.1. The van der Waals surface area contributed by atoms with Gasteiger partial charge in [-0.05, 0) is 100 Å². The van der Waals surface area contributed by atoms with E-state index in [4.69, 9.17) is 32.7 Å². The summed E-state index contributed by atoms with van der Waals surface area (Å²) in [5.74, 6) is -2.11. The van der Waals surface area contributed by atoms with Crippen LogP contribution in [0.4, 0.5) is 10.5 Å². The van der Waals surface area contributed by atoms with Gasteiger partial charge in [-0.15, -0.1) is 0 Å². The highest BCUT2D eigenvalue weighted by Crippen LogP contribution is 2.28. The van der Waals surface area contributed by atoms with Crippen LogP contribution in [0.1, 0.15) is 68.1 Å². The first-order valence-electron chi connectivity index (χ1n) is 14.9. The van der Waals surface area contributed by atoms with Crippen LogP contribution in [0, 0.1) is 24.2 Å². The molecule has 0 aliphatic rings. The number of nitriles is 1. The number of hydrogen-bond donors (Lipinski definition) is 3. The second-order valence-corrected chi connectivity index (χ2v) is 15.0. The molecule has 0 saturated heterocycles. The normalized spacial score (nSPS) is 12.0. The average Bonchev–Trinajstić information content (AvgIpc) is 2.98. The van der Waals surface area contributed by atoms with Gasteiger partial charge in [-0.25, -0.2) is 17.9 Å². The Bertz CT molecular complexity index is 1920. The molecule has 260 valence electrons. The smallest absolute Gasteiger partial charge is 0.408 e. The molecule has 12 nitrogen and oxygen atoms in total. The Labute approximate surface area is 295 Å². The van der Waals surface area contributed by atoms with Crippen molar-refractivity contribution in [1.29, 1.82) is 5.26 Å². The number of ketones is 1. The highest BCUT2D eigenvalue weighted by Gasteiger charge is 2.29. The second kappa shape index (κ2) is 16.2. The number of carbonyl (C=O) groups is 4. The van der Waals surface area contributed by atoms with E-state index in [0.717, 1.165) is 0 Å². The number of alkyl carbamates (subject to hydrolysis) is 1. The molecular formula is C34H36Cl2N4O8S. The number of hydrogen-bond acceptors (Lipinski definition) is 9. The predicted octanol–water partition coefficient (Wildman–Crippen LogP) is 6.17. The molecule has 0 aromatic heterocycles. The first kappa shape index (κ1) is 38.8. The molecule has 3 aromatic rings. The van der Waals surface area contributed by atoms with Gasteiger partial charge in [0.2, 0.25) is 0 Å². The van der Waals surface area contributed by atoms with Crippen molar-refractivity contribution in [2.24, 2.45) is 5.92 Å². The summed E-state index contributed by atoms with van der Waals surface area (Å²) in [5, 5.41) is 14.7. The molecule has 0 aliphatic heterocycles. The monoisotopic (exact) mass is 730 g/mol. The summed E-state index contributed by atoms with van der Waals surface area (Å²) in [7, 11) is -4.37. The number of aryl methyl sites for hydroxylation is 1. The van der Waals surface area contributed by atoms with Crippen LogP contribution in [0.25, 0.3) is 0 Å². The van der Waals surface area contributed by atoms with E-state index < -0.39 is 52.0 Å². The maximum Gasteiger partial charge on any atom is 0.408 e. The van der Waals surface area contributed by atoms with Crippen LogP contribution >= 0.6 is 23.2 Å². The highest BCUT2D eigenvalue weighted by atomic mass is 35.5. The lowest BCUT2D eigenvalue weighted by molar-refractivity contribution is -0.121. The van der Waals surface area contributed by atoms with E-state index in [9.17, 15) is 32.9 Å². The lowest BCUT2D eigenvalue weighted by Crippen LogP contribution is -2.50. The lowest BCUT2D eigenvalue weighted by Gasteiger charge is -2.24. The molecule has 0 bridgehead atoms. The standard InChI is InChI=1S/C34H36Cl2N4O8S/c1-19(2)11-28(39-33(44)48-34(4,5)6)32(43)40-49(45,46)25-8-9-27(20(3)12-25)38-30(41)18-47-29-10-7-23(35)16-26(29)31(42)22-13-21(17-37)14-24(36)15-22/h7-10,12-16,19,28H,11,18H2,1-6H3,(H,38,41)(H,39,44)(H,40,43)/t28-/m0/s1.